The van der Waals surface area contributed by atoms with Gasteiger partial charge in [0.25, 0.3) is 0 Å². The van der Waals surface area contributed by atoms with Gasteiger partial charge in [-0.3, -0.25) is 0 Å². The lowest BCUT2D eigenvalue weighted by Gasteiger charge is -2.17. The normalized spacial score (nSPS) is 11.1. The summed E-state index contributed by atoms with van der Waals surface area (Å²) in [6.45, 7) is 2.13. The highest BCUT2D eigenvalue weighted by atomic mass is 35.5. The largest absolute Gasteiger partial charge is 0.138 e. The van der Waals surface area contributed by atoms with Crippen molar-refractivity contribution < 1.29 is 0 Å². The molecule has 0 N–H and O–H groups in total. The molecule has 0 nitrogen and oxygen atoms in total. The zero-order chi connectivity index (χ0) is 18.4. The molecular weight excluding hydrogens is 399 g/mol. The zero-order valence-corrected chi connectivity index (χ0v) is 17.6. The van der Waals surface area contributed by atoms with E-state index in [0.717, 1.165) is 21.6 Å². The van der Waals surface area contributed by atoms with E-state index in [2.05, 4.69) is 55.5 Å². The van der Waals surface area contributed by atoms with Gasteiger partial charge in [-0.05, 0) is 47.9 Å². The Morgan fingerprint density at radius 3 is 1.50 bits per heavy atom. The molecule has 26 heavy (non-hydrogen) atoms. The Labute approximate surface area is 174 Å². The predicted octanol–water partition coefficient (Wildman–Crippen LogP) is 8.17. The van der Waals surface area contributed by atoms with E-state index in [4.69, 9.17) is 23.2 Å². The standard InChI is InChI=1S/C22H20Cl2S2/c1-16-2-8-19(9-3-16)22(25-14-17-4-10-20(23)11-5-17)26-15-18-6-12-21(24)13-7-18/h2-13,22H,14-15H2,1H3. The third-order valence-corrected chi connectivity index (χ3v) is 7.45. The highest BCUT2D eigenvalue weighted by molar-refractivity contribution is 8.15. The molecular formula is C22H20Cl2S2. The molecule has 0 radical (unpaired) electrons. The number of hydrogen-bond donors (Lipinski definition) is 0. The van der Waals surface area contributed by atoms with Crippen molar-refractivity contribution in [3.05, 3.63) is 105 Å². The Morgan fingerprint density at radius 1 is 0.654 bits per heavy atom. The molecule has 0 aliphatic heterocycles. The molecule has 0 bridgehead atoms. The second kappa shape index (κ2) is 9.75. The predicted molar refractivity (Wildman–Crippen MR) is 119 cm³/mol. The van der Waals surface area contributed by atoms with Gasteiger partial charge in [-0.2, -0.15) is 0 Å². The fourth-order valence-electron chi connectivity index (χ4n) is 2.47. The van der Waals surface area contributed by atoms with E-state index < -0.39 is 0 Å². The quantitative estimate of drug-likeness (QED) is 0.354. The summed E-state index contributed by atoms with van der Waals surface area (Å²) in [6, 6.07) is 25.1. The molecule has 134 valence electrons. The van der Waals surface area contributed by atoms with Crippen molar-refractivity contribution in [1.82, 2.24) is 0 Å². The summed E-state index contributed by atoms with van der Waals surface area (Å²) >= 11 is 15.9. The van der Waals surface area contributed by atoms with E-state index in [0.29, 0.717) is 4.58 Å². The minimum atomic E-state index is 0.377. The van der Waals surface area contributed by atoms with Crippen molar-refractivity contribution in [3.63, 3.8) is 0 Å². The summed E-state index contributed by atoms with van der Waals surface area (Å²) in [5, 5.41) is 1.57. The van der Waals surface area contributed by atoms with Gasteiger partial charge in [-0.1, -0.05) is 77.3 Å². The third-order valence-electron chi connectivity index (χ3n) is 3.98. The first-order valence-electron chi connectivity index (χ1n) is 8.39. The van der Waals surface area contributed by atoms with E-state index in [-0.39, 0.29) is 0 Å². The molecule has 4 heteroatoms. The van der Waals surface area contributed by atoms with Crippen LogP contribution in [0.5, 0.6) is 0 Å². The van der Waals surface area contributed by atoms with Gasteiger partial charge in [0.05, 0.1) is 4.58 Å². The summed E-state index contributed by atoms with van der Waals surface area (Å²) < 4.78 is 0.377. The van der Waals surface area contributed by atoms with E-state index in [9.17, 15) is 0 Å². The number of thioether (sulfide) groups is 2. The summed E-state index contributed by atoms with van der Waals surface area (Å²) in [5.41, 5.74) is 5.23. The van der Waals surface area contributed by atoms with Crippen LogP contribution in [0.1, 0.15) is 26.8 Å². The van der Waals surface area contributed by atoms with Crippen LogP contribution in [0.4, 0.5) is 0 Å². The van der Waals surface area contributed by atoms with Crippen molar-refractivity contribution in [2.75, 3.05) is 0 Å². The van der Waals surface area contributed by atoms with Crippen LogP contribution in [0.25, 0.3) is 0 Å². The van der Waals surface area contributed by atoms with Crippen LogP contribution in [0, 0.1) is 6.92 Å². The summed E-state index contributed by atoms with van der Waals surface area (Å²) in [7, 11) is 0. The van der Waals surface area contributed by atoms with Crippen molar-refractivity contribution in [3.8, 4) is 0 Å². The van der Waals surface area contributed by atoms with Crippen LogP contribution < -0.4 is 0 Å². The number of halogens is 2. The molecule has 0 amide bonds. The fraction of sp³-hybridized carbons (Fsp3) is 0.182. The Bertz CT molecular complexity index is 763. The van der Waals surface area contributed by atoms with Gasteiger partial charge in [-0.25, -0.2) is 0 Å². The second-order valence-electron chi connectivity index (χ2n) is 6.12. The Balaban J connectivity index is 1.69. The summed E-state index contributed by atoms with van der Waals surface area (Å²) in [4.78, 5) is 0. The van der Waals surface area contributed by atoms with Gasteiger partial charge >= 0.3 is 0 Å². The van der Waals surface area contributed by atoms with Crippen molar-refractivity contribution in [2.45, 2.75) is 23.0 Å². The van der Waals surface area contributed by atoms with E-state index in [1.807, 2.05) is 47.8 Å². The lowest BCUT2D eigenvalue weighted by Crippen LogP contribution is -1.93. The van der Waals surface area contributed by atoms with Gasteiger partial charge in [0.2, 0.25) is 0 Å². The van der Waals surface area contributed by atoms with Gasteiger partial charge in [0.1, 0.15) is 0 Å². The van der Waals surface area contributed by atoms with Crippen LogP contribution in [-0.2, 0) is 11.5 Å². The number of hydrogen-bond acceptors (Lipinski definition) is 2. The molecule has 0 heterocycles. The monoisotopic (exact) mass is 418 g/mol. The molecule has 0 saturated heterocycles. The van der Waals surface area contributed by atoms with Gasteiger partial charge in [-0.15, -0.1) is 23.5 Å². The first-order chi connectivity index (χ1) is 12.6. The molecule has 0 fully saturated rings. The zero-order valence-electron chi connectivity index (χ0n) is 14.5. The second-order valence-corrected chi connectivity index (χ2v) is 9.48. The maximum Gasteiger partial charge on any atom is 0.0757 e. The first-order valence-corrected chi connectivity index (χ1v) is 11.2. The number of benzene rings is 3. The molecule has 0 aromatic heterocycles. The smallest absolute Gasteiger partial charge is 0.0757 e. The minimum absolute atomic E-state index is 0.377. The highest BCUT2D eigenvalue weighted by Crippen LogP contribution is 2.42. The van der Waals surface area contributed by atoms with Crippen LogP contribution in [0.15, 0.2) is 72.8 Å². The average molecular weight is 419 g/mol. The molecule has 3 rings (SSSR count). The molecule has 3 aromatic carbocycles. The van der Waals surface area contributed by atoms with Gasteiger partial charge < -0.3 is 0 Å². The van der Waals surface area contributed by atoms with Gasteiger partial charge in [0, 0.05) is 21.6 Å². The molecule has 0 aliphatic rings. The third kappa shape index (κ3) is 5.99. The van der Waals surface area contributed by atoms with Crippen molar-refractivity contribution in [1.29, 1.82) is 0 Å². The van der Waals surface area contributed by atoms with Crippen LogP contribution in [0.2, 0.25) is 10.0 Å². The maximum absolute atomic E-state index is 5.99. The van der Waals surface area contributed by atoms with Crippen molar-refractivity contribution >= 4 is 46.7 Å². The number of rotatable bonds is 7. The average Bonchev–Trinajstić information content (AvgIpc) is 2.65. The maximum atomic E-state index is 5.99. The lowest BCUT2D eigenvalue weighted by molar-refractivity contribution is 1.30. The molecule has 0 unspecified atom stereocenters. The van der Waals surface area contributed by atoms with E-state index in [1.165, 1.54) is 22.3 Å². The van der Waals surface area contributed by atoms with Gasteiger partial charge in [0.15, 0.2) is 0 Å². The summed E-state index contributed by atoms with van der Waals surface area (Å²) in [6.07, 6.45) is 0. The molecule has 0 atom stereocenters. The van der Waals surface area contributed by atoms with E-state index in [1.54, 1.807) is 0 Å². The van der Waals surface area contributed by atoms with Crippen LogP contribution >= 0.6 is 46.7 Å². The van der Waals surface area contributed by atoms with Crippen LogP contribution in [0.3, 0.4) is 0 Å². The summed E-state index contributed by atoms with van der Waals surface area (Å²) in [5.74, 6) is 1.92. The molecule has 0 saturated carbocycles. The topological polar surface area (TPSA) is 0 Å². The Morgan fingerprint density at radius 2 is 1.08 bits per heavy atom. The van der Waals surface area contributed by atoms with E-state index >= 15 is 0 Å². The Kier molecular flexibility index (Phi) is 7.39. The minimum Gasteiger partial charge on any atom is -0.138 e. The molecule has 3 aromatic rings. The molecule has 0 spiro atoms. The fourth-order valence-corrected chi connectivity index (χ4v) is 5.29. The number of aryl methyl sites for hydroxylation is 1. The Hall–Kier alpha value is -1.06. The van der Waals surface area contributed by atoms with Crippen LogP contribution in [-0.4, -0.2) is 0 Å². The molecule has 0 aliphatic carbocycles. The van der Waals surface area contributed by atoms with Crippen molar-refractivity contribution in [2.24, 2.45) is 0 Å². The SMILES string of the molecule is Cc1ccc(C(SCc2ccc(Cl)cc2)SCc2ccc(Cl)cc2)cc1. The highest BCUT2D eigenvalue weighted by Gasteiger charge is 2.13. The lowest BCUT2D eigenvalue weighted by atomic mass is 10.2. The first kappa shape index (κ1) is 19.7.